The zero-order chi connectivity index (χ0) is 13.0. The molecule has 1 N–H and O–H groups in total. The van der Waals surface area contributed by atoms with Gasteiger partial charge in [0.25, 0.3) is 0 Å². The smallest absolute Gasteiger partial charge is 0.214 e. The first kappa shape index (κ1) is 13.1. The van der Waals surface area contributed by atoms with Gasteiger partial charge in [0.2, 0.25) is 5.88 Å². The minimum atomic E-state index is 0.554. The van der Waals surface area contributed by atoms with Gasteiger partial charge in [0.1, 0.15) is 5.82 Å². The molecule has 1 aliphatic rings. The van der Waals surface area contributed by atoms with Gasteiger partial charge in [-0.15, -0.1) is 0 Å². The van der Waals surface area contributed by atoms with Crippen molar-refractivity contribution in [1.29, 1.82) is 0 Å². The monoisotopic (exact) mass is 249 g/mol. The Kier molecular flexibility index (Phi) is 4.42. The summed E-state index contributed by atoms with van der Waals surface area (Å²) in [6.45, 7) is 4.42. The molecule has 1 fully saturated rings. The number of ether oxygens (including phenoxy) is 1. The molecule has 0 saturated carbocycles. The van der Waals surface area contributed by atoms with Crippen LogP contribution in [0.5, 0.6) is 5.88 Å². The number of piperidine rings is 1. The standard InChI is InChI=1S/C14H23N3O/c1-11(15-2)12-6-5-9-17(10-12)13-7-4-8-14(16-13)18-3/h4,7-8,11-12,15H,5-6,9-10H2,1-3H3. The van der Waals surface area contributed by atoms with E-state index in [1.165, 1.54) is 12.8 Å². The van der Waals surface area contributed by atoms with Crippen molar-refractivity contribution in [3.63, 3.8) is 0 Å². The topological polar surface area (TPSA) is 37.4 Å². The molecule has 4 nitrogen and oxygen atoms in total. The molecular weight excluding hydrogens is 226 g/mol. The molecule has 2 rings (SSSR count). The van der Waals surface area contributed by atoms with Gasteiger partial charge in [0.15, 0.2) is 0 Å². The number of pyridine rings is 1. The Morgan fingerprint density at radius 2 is 2.33 bits per heavy atom. The Labute approximate surface area is 109 Å². The molecule has 0 spiro atoms. The molecule has 100 valence electrons. The number of nitrogens with one attached hydrogen (secondary N) is 1. The highest BCUT2D eigenvalue weighted by atomic mass is 16.5. The second-order valence-corrected chi connectivity index (χ2v) is 4.96. The van der Waals surface area contributed by atoms with Gasteiger partial charge in [-0.3, -0.25) is 0 Å². The molecule has 2 heterocycles. The first-order chi connectivity index (χ1) is 8.74. The van der Waals surface area contributed by atoms with Crippen LogP contribution in [-0.2, 0) is 0 Å². The number of nitrogens with zero attached hydrogens (tertiary/aromatic N) is 2. The molecule has 0 aromatic carbocycles. The Balaban J connectivity index is 2.07. The second kappa shape index (κ2) is 6.05. The number of hydrogen-bond acceptors (Lipinski definition) is 4. The molecule has 0 radical (unpaired) electrons. The molecule has 0 amide bonds. The van der Waals surface area contributed by atoms with E-state index in [0.29, 0.717) is 17.8 Å². The van der Waals surface area contributed by atoms with Crippen LogP contribution in [0, 0.1) is 5.92 Å². The van der Waals surface area contributed by atoms with E-state index in [-0.39, 0.29) is 0 Å². The predicted octanol–water partition coefficient (Wildman–Crippen LogP) is 1.91. The summed E-state index contributed by atoms with van der Waals surface area (Å²) >= 11 is 0. The van der Waals surface area contributed by atoms with Crippen molar-refractivity contribution in [2.24, 2.45) is 5.92 Å². The number of anilines is 1. The van der Waals surface area contributed by atoms with Gasteiger partial charge < -0.3 is 15.0 Å². The minimum absolute atomic E-state index is 0.554. The molecule has 0 bridgehead atoms. The first-order valence-electron chi connectivity index (χ1n) is 6.68. The van der Waals surface area contributed by atoms with Crippen LogP contribution < -0.4 is 15.0 Å². The Morgan fingerprint density at radius 3 is 3.06 bits per heavy atom. The SMILES string of the molecule is CNC(C)C1CCCN(c2cccc(OC)n2)C1. The zero-order valence-electron chi connectivity index (χ0n) is 11.5. The normalized spacial score (nSPS) is 21.7. The van der Waals surface area contributed by atoms with Gasteiger partial charge in [-0.2, -0.15) is 4.98 Å². The average Bonchev–Trinajstić information content (AvgIpc) is 2.46. The third kappa shape index (κ3) is 2.93. The lowest BCUT2D eigenvalue weighted by Gasteiger charge is -2.36. The Bertz CT molecular complexity index is 383. The zero-order valence-corrected chi connectivity index (χ0v) is 11.5. The number of methoxy groups -OCH3 is 1. The maximum atomic E-state index is 5.19. The fourth-order valence-corrected chi connectivity index (χ4v) is 2.56. The summed E-state index contributed by atoms with van der Waals surface area (Å²) < 4.78 is 5.19. The largest absolute Gasteiger partial charge is 0.481 e. The number of hydrogen-bond donors (Lipinski definition) is 1. The van der Waals surface area contributed by atoms with Crippen molar-refractivity contribution >= 4 is 5.82 Å². The first-order valence-corrected chi connectivity index (χ1v) is 6.68. The van der Waals surface area contributed by atoms with E-state index >= 15 is 0 Å². The molecular formula is C14H23N3O. The molecule has 2 atom stereocenters. The van der Waals surface area contributed by atoms with E-state index in [1.54, 1.807) is 7.11 Å². The van der Waals surface area contributed by atoms with Crippen LogP contribution in [0.4, 0.5) is 5.82 Å². The highest BCUT2D eigenvalue weighted by molar-refractivity contribution is 5.41. The van der Waals surface area contributed by atoms with Crippen LogP contribution in [0.1, 0.15) is 19.8 Å². The lowest BCUT2D eigenvalue weighted by molar-refractivity contribution is 0.331. The minimum Gasteiger partial charge on any atom is -0.481 e. The van der Waals surface area contributed by atoms with E-state index in [9.17, 15) is 0 Å². The molecule has 1 aliphatic heterocycles. The molecule has 4 heteroatoms. The Hall–Kier alpha value is -1.29. The van der Waals surface area contributed by atoms with Crippen molar-refractivity contribution in [2.75, 3.05) is 32.1 Å². The molecule has 1 aromatic heterocycles. The van der Waals surface area contributed by atoms with E-state index in [1.807, 2.05) is 19.2 Å². The van der Waals surface area contributed by atoms with Crippen LogP contribution in [0.3, 0.4) is 0 Å². The van der Waals surface area contributed by atoms with E-state index in [2.05, 4.69) is 28.2 Å². The summed E-state index contributed by atoms with van der Waals surface area (Å²) in [5.41, 5.74) is 0. The summed E-state index contributed by atoms with van der Waals surface area (Å²) in [4.78, 5) is 6.88. The Morgan fingerprint density at radius 1 is 1.50 bits per heavy atom. The number of aromatic nitrogens is 1. The van der Waals surface area contributed by atoms with Crippen molar-refractivity contribution in [2.45, 2.75) is 25.8 Å². The van der Waals surface area contributed by atoms with Crippen LogP contribution in [0.15, 0.2) is 18.2 Å². The van der Waals surface area contributed by atoms with Crippen LogP contribution in [0.25, 0.3) is 0 Å². The summed E-state index contributed by atoms with van der Waals surface area (Å²) in [5, 5.41) is 3.36. The van der Waals surface area contributed by atoms with Gasteiger partial charge in [-0.1, -0.05) is 6.07 Å². The lowest BCUT2D eigenvalue weighted by Crippen LogP contribution is -2.43. The maximum Gasteiger partial charge on any atom is 0.214 e. The molecule has 1 aromatic rings. The van der Waals surface area contributed by atoms with Gasteiger partial charge in [0, 0.05) is 25.2 Å². The van der Waals surface area contributed by atoms with Crippen LogP contribution >= 0.6 is 0 Å². The van der Waals surface area contributed by atoms with Gasteiger partial charge >= 0.3 is 0 Å². The van der Waals surface area contributed by atoms with E-state index in [0.717, 1.165) is 18.9 Å². The highest BCUT2D eigenvalue weighted by Gasteiger charge is 2.24. The summed E-state index contributed by atoms with van der Waals surface area (Å²) in [6.07, 6.45) is 2.53. The third-order valence-electron chi connectivity index (χ3n) is 3.86. The molecule has 2 unspecified atom stereocenters. The second-order valence-electron chi connectivity index (χ2n) is 4.96. The average molecular weight is 249 g/mol. The lowest BCUT2D eigenvalue weighted by atomic mass is 9.92. The molecule has 18 heavy (non-hydrogen) atoms. The summed E-state index contributed by atoms with van der Waals surface area (Å²) in [7, 11) is 3.70. The summed E-state index contributed by atoms with van der Waals surface area (Å²) in [6, 6.07) is 6.51. The molecule has 0 aliphatic carbocycles. The van der Waals surface area contributed by atoms with Crippen LogP contribution in [-0.4, -0.2) is 38.3 Å². The van der Waals surface area contributed by atoms with E-state index < -0.39 is 0 Å². The van der Waals surface area contributed by atoms with Crippen molar-refractivity contribution in [3.05, 3.63) is 18.2 Å². The number of rotatable bonds is 4. The quantitative estimate of drug-likeness (QED) is 0.884. The fourth-order valence-electron chi connectivity index (χ4n) is 2.56. The van der Waals surface area contributed by atoms with Gasteiger partial charge in [-0.25, -0.2) is 0 Å². The van der Waals surface area contributed by atoms with Gasteiger partial charge in [0.05, 0.1) is 7.11 Å². The maximum absolute atomic E-state index is 5.19. The van der Waals surface area contributed by atoms with Crippen LogP contribution in [0.2, 0.25) is 0 Å². The van der Waals surface area contributed by atoms with Crippen molar-refractivity contribution in [1.82, 2.24) is 10.3 Å². The van der Waals surface area contributed by atoms with Crippen molar-refractivity contribution in [3.8, 4) is 5.88 Å². The highest BCUT2D eigenvalue weighted by Crippen LogP contribution is 2.24. The predicted molar refractivity (Wildman–Crippen MR) is 74.2 cm³/mol. The van der Waals surface area contributed by atoms with Crippen molar-refractivity contribution < 1.29 is 4.74 Å². The van der Waals surface area contributed by atoms with Gasteiger partial charge in [-0.05, 0) is 38.8 Å². The fraction of sp³-hybridized carbons (Fsp3) is 0.643. The molecule has 1 saturated heterocycles. The van der Waals surface area contributed by atoms with E-state index in [4.69, 9.17) is 4.74 Å². The third-order valence-corrected chi connectivity index (χ3v) is 3.86. The summed E-state index contributed by atoms with van der Waals surface area (Å²) in [5.74, 6) is 2.41.